The summed E-state index contributed by atoms with van der Waals surface area (Å²) in [4.78, 5) is 0. The van der Waals surface area contributed by atoms with Crippen LogP contribution in [0.2, 0.25) is 0 Å². The first-order valence-corrected chi connectivity index (χ1v) is 9.42. The van der Waals surface area contributed by atoms with Crippen LogP contribution in [0, 0.1) is 11.3 Å². The average molecular weight is 296 g/mol. The highest BCUT2D eigenvalue weighted by Crippen LogP contribution is 2.46. The molecule has 0 bridgehead atoms. The number of rotatable bonds is 8. The van der Waals surface area contributed by atoms with Crippen LogP contribution in [0.4, 0.5) is 0 Å². The van der Waals surface area contributed by atoms with Gasteiger partial charge in [0.25, 0.3) is 0 Å². The second kappa shape index (κ2) is 7.46. The molecule has 1 heterocycles. The summed E-state index contributed by atoms with van der Waals surface area (Å²) in [6.07, 6.45) is 12.3. The highest BCUT2D eigenvalue weighted by molar-refractivity contribution is 4.95. The summed E-state index contributed by atoms with van der Waals surface area (Å²) in [7, 11) is 0. The summed E-state index contributed by atoms with van der Waals surface area (Å²) >= 11 is 0. The van der Waals surface area contributed by atoms with Crippen LogP contribution in [0.15, 0.2) is 0 Å². The normalized spacial score (nSPS) is 25.3. The molecule has 0 aromatic rings. The van der Waals surface area contributed by atoms with Crippen molar-refractivity contribution in [2.45, 2.75) is 97.2 Å². The predicted octanol–water partition coefficient (Wildman–Crippen LogP) is 4.92. The molecule has 1 saturated heterocycles. The molecule has 1 spiro atoms. The van der Waals surface area contributed by atoms with Gasteiger partial charge in [-0.25, -0.2) is 0 Å². The van der Waals surface area contributed by atoms with E-state index in [1.54, 1.807) is 0 Å². The lowest BCUT2D eigenvalue weighted by Crippen LogP contribution is -2.38. The molecule has 124 valence electrons. The molecule has 0 aromatic carbocycles. The molecule has 0 radical (unpaired) electrons. The van der Waals surface area contributed by atoms with Crippen molar-refractivity contribution in [2.24, 2.45) is 11.3 Å². The van der Waals surface area contributed by atoms with E-state index in [-0.39, 0.29) is 0 Å². The van der Waals surface area contributed by atoms with Crippen molar-refractivity contribution in [1.82, 2.24) is 5.32 Å². The smallest absolute Gasteiger partial charge is 0.0687 e. The van der Waals surface area contributed by atoms with Crippen molar-refractivity contribution >= 4 is 0 Å². The van der Waals surface area contributed by atoms with Crippen LogP contribution in [-0.2, 0) is 4.74 Å². The summed E-state index contributed by atoms with van der Waals surface area (Å²) in [5.74, 6) is 0.737. The van der Waals surface area contributed by atoms with Crippen molar-refractivity contribution < 1.29 is 4.74 Å². The van der Waals surface area contributed by atoms with Crippen molar-refractivity contribution in [3.63, 3.8) is 0 Å². The summed E-state index contributed by atoms with van der Waals surface area (Å²) in [6.45, 7) is 11.6. The Balaban J connectivity index is 1.87. The van der Waals surface area contributed by atoms with E-state index in [2.05, 4.69) is 33.0 Å². The van der Waals surface area contributed by atoms with E-state index >= 15 is 0 Å². The molecule has 2 aliphatic rings. The van der Waals surface area contributed by atoms with Gasteiger partial charge in [-0.1, -0.05) is 40.5 Å². The van der Waals surface area contributed by atoms with Crippen LogP contribution in [0.5, 0.6) is 0 Å². The van der Waals surface area contributed by atoms with Gasteiger partial charge in [0.1, 0.15) is 0 Å². The molecular formula is C19H37NO. The molecule has 21 heavy (non-hydrogen) atoms. The lowest BCUT2D eigenvalue weighted by Gasteiger charge is -2.35. The Morgan fingerprint density at radius 2 is 1.81 bits per heavy atom. The van der Waals surface area contributed by atoms with E-state index in [9.17, 15) is 0 Å². The first-order chi connectivity index (χ1) is 10.0. The molecule has 2 rings (SSSR count). The summed E-state index contributed by atoms with van der Waals surface area (Å²) in [5, 5.41) is 3.71. The summed E-state index contributed by atoms with van der Waals surface area (Å²) in [5.41, 5.74) is 0.729. The lowest BCUT2D eigenvalue weighted by molar-refractivity contribution is -0.0545. The van der Waals surface area contributed by atoms with Crippen molar-refractivity contribution in [3.05, 3.63) is 0 Å². The van der Waals surface area contributed by atoms with E-state index in [1.165, 1.54) is 57.8 Å². The van der Waals surface area contributed by atoms with Gasteiger partial charge in [-0.3, -0.25) is 0 Å². The summed E-state index contributed by atoms with van der Waals surface area (Å²) in [6, 6.07) is 0. The molecule has 1 N–H and O–H groups in total. The largest absolute Gasteiger partial charge is 0.372 e. The van der Waals surface area contributed by atoms with Gasteiger partial charge in [-0.2, -0.15) is 0 Å². The number of hydrogen-bond donors (Lipinski definition) is 1. The molecule has 2 heteroatoms. The van der Waals surface area contributed by atoms with E-state index in [4.69, 9.17) is 4.74 Å². The van der Waals surface area contributed by atoms with Gasteiger partial charge in [-0.15, -0.1) is 0 Å². The fourth-order valence-electron chi connectivity index (χ4n) is 4.40. The third-order valence-corrected chi connectivity index (χ3v) is 6.07. The van der Waals surface area contributed by atoms with Crippen LogP contribution in [0.25, 0.3) is 0 Å². The molecule has 1 aliphatic heterocycles. The van der Waals surface area contributed by atoms with Crippen LogP contribution in [0.3, 0.4) is 0 Å². The first-order valence-electron chi connectivity index (χ1n) is 9.42. The Morgan fingerprint density at radius 3 is 2.38 bits per heavy atom. The maximum absolute atomic E-state index is 6.57. The van der Waals surface area contributed by atoms with Crippen LogP contribution in [-0.4, -0.2) is 24.8 Å². The third-order valence-electron chi connectivity index (χ3n) is 6.07. The molecule has 2 fully saturated rings. The predicted molar refractivity (Wildman–Crippen MR) is 90.6 cm³/mol. The van der Waals surface area contributed by atoms with Crippen molar-refractivity contribution in [2.75, 3.05) is 13.1 Å². The topological polar surface area (TPSA) is 21.3 Å². The SMILES string of the molecule is CCC(CC)(CNCC(C)C)CC1CCC2(CCCC2)O1. The van der Waals surface area contributed by atoms with Crippen LogP contribution >= 0.6 is 0 Å². The minimum atomic E-state index is 0.295. The molecule has 0 aromatic heterocycles. The number of ether oxygens (including phenoxy) is 1. The molecule has 0 amide bonds. The maximum Gasteiger partial charge on any atom is 0.0687 e. The Hall–Kier alpha value is -0.0800. The van der Waals surface area contributed by atoms with Gasteiger partial charge in [0.15, 0.2) is 0 Å². The molecular weight excluding hydrogens is 258 g/mol. The van der Waals surface area contributed by atoms with Gasteiger partial charge in [-0.05, 0) is 62.8 Å². The van der Waals surface area contributed by atoms with E-state index in [0.29, 0.717) is 17.1 Å². The Morgan fingerprint density at radius 1 is 1.14 bits per heavy atom. The maximum atomic E-state index is 6.57. The molecule has 1 atom stereocenters. The van der Waals surface area contributed by atoms with Gasteiger partial charge >= 0.3 is 0 Å². The van der Waals surface area contributed by atoms with Crippen LogP contribution < -0.4 is 5.32 Å². The molecule has 1 saturated carbocycles. The Kier molecular flexibility index (Phi) is 6.14. The highest BCUT2D eigenvalue weighted by Gasteiger charge is 2.44. The quantitative estimate of drug-likeness (QED) is 0.686. The van der Waals surface area contributed by atoms with Gasteiger partial charge in [0.2, 0.25) is 0 Å². The monoisotopic (exact) mass is 295 g/mol. The van der Waals surface area contributed by atoms with E-state index in [0.717, 1.165) is 19.0 Å². The Labute approximate surface area is 132 Å². The molecule has 2 nitrogen and oxygen atoms in total. The van der Waals surface area contributed by atoms with Gasteiger partial charge in [0, 0.05) is 6.54 Å². The fourth-order valence-corrected chi connectivity index (χ4v) is 4.40. The summed E-state index contributed by atoms with van der Waals surface area (Å²) < 4.78 is 6.57. The highest BCUT2D eigenvalue weighted by atomic mass is 16.5. The van der Waals surface area contributed by atoms with Crippen molar-refractivity contribution in [1.29, 1.82) is 0 Å². The second-order valence-electron chi connectivity index (χ2n) is 8.10. The third kappa shape index (κ3) is 4.45. The zero-order chi connectivity index (χ0) is 15.3. The minimum Gasteiger partial charge on any atom is -0.372 e. The first kappa shape index (κ1) is 17.3. The molecule has 1 aliphatic carbocycles. The van der Waals surface area contributed by atoms with Gasteiger partial charge < -0.3 is 10.1 Å². The Bertz CT molecular complexity index is 303. The lowest BCUT2D eigenvalue weighted by atomic mass is 9.76. The number of nitrogens with one attached hydrogen (secondary N) is 1. The van der Waals surface area contributed by atoms with Gasteiger partial charge in [0.05, 0.1) is 11.7 Å². The number of hydrogen-bond acceptors (Lipinski definition) is 2. The van der Waals surface area contributed by atoms with Crippen LogP contribution in [0.1, 0.15) is 85.5 Å². The minimum absolute atomic E-state index is 0.295. The van der Waals surface area contributed by atoms with Crippen molar-refractivity contribution in [3.8, 4) is 0 Å². The van der Waals surface area contributed by atoms with E-state index < -0.39 is 0 Å². The zero-order valence-corrected chi connectivity index (χ0v) is 14.8. The zero-order valence-electron chi connectivity index (χ0n) is 14.8. The fraction of sp³-hybridized carbons (Fsp3) is 1.00. The second-order valence-corrected chi connectivity index (χ2v) is 8.10. The standard InChI is InChI=1S/C19H37NO/c1-5-18(6-2,15-20-14-16(3)4)13-17-9-12-19(21-17)10-7-8-11-19/h16-17,20H,5-15H2,1-4H3. The van der Waals surface area contributed by atoms with E-state index in [1.807, 2.05) is 0 Å². The average Bonchev–Trinajstić information content (AvgIpc) is 3.08. The molecule has 1 unspecified atom stereocenters.